The summed E-state index contributed by atoms with van der Waals surface area (Å²) in [7, 11) is 0. The van der Waals surface area contributed by atoms with Crippen molar-refractivity contribution in [3.05, 3.63) is 24.0 Å². The molecule has 3 heteroatoms. The molecule has 0 bridgehead atoms. The Hall–Kier alpha value is -1.09. The predicted molar refractivity (Wildman–Crippen MR) is 81.5 cm³/mol. The Kier molecular flexibility index (Phi) is 5.64. The molecule has 0 amide bonds. The first-order chi connectivity index (χ1) is 9.35. The lowest BCUT2D eigenvalue weighted by atomic mass is 9.94. The maximum Gasteiger partial charge on any atom is 0.0562 e. The van der Waals surface area contributed by atoms with Crippen molar-refractivity contribution in [2.75, 3.05) is 18.0 Å². The molecule has 1 aliphatic rings. The van der Waals surface area contributed by atoms with E-state index in [1.807, 2.05) is 6.20 Å². The first-order valence-electron chi connectivity index (χ1n) is 7.77. The molecule has 3 nitrogen and oxygen atoms in total. The second kappa shape index (κ2) is 7.49. The minimum Gasteiger partial charge on any atom is -0.369 e. The quantitative estimate of drug-likeness (QED) is 0.851. The van der Waals surface area contributed by atoms with Gasteiger partial charge < -0.3 is 10.2 Å². The predicted octanol–water partition coefficient (Wildman–Crippen LogP) is 3.35. The molecule has 1 aromatic rings. The smallest absolute Gasteiger partial charge is 0.0562 e. The number of hydrogen-bond acceptors (Lipinski definition) is 3. The number of hydrogen-bond donors (Lipinski definition) is 1. The van der Waals surface area contributed by atoms with E-state index in [2.05, 4.69) is 41.2 Å². The third-order valence-electron chi connectivity index (χ3n) is 4.04. The highest BCUT2D eigenvalue weighted by molar-refractivity contribution is 5.47. The number of aromatic nitrogens is 1. The molecule has 0 aliphatic heterocycles. The van der Waals surface area contributed by atoms with Crippen LogP contribution in [0.25, 0.3) is 0 Å². The summed E-state index contributed by atoms with van der Waals surface area (Å²) in [4.78, 5) is 7.02. The maximum atomic E-state index is 4.45. The van der Waals surface area contributed by atoms with Gasteiger partial charge >= 0.3 is 0 Å². The van der Waals surface area contributed by atoms with E-state index in [-0.39, 0.29) is 0 Å². The number of nitrogens with zero attached hydrogens (tertiary/aromatic N) is 2. The van der Waals surface area contributed by atoms with Crippen molar-refractivity contribution < 1.29 is 0 Å². The zero-order valence-electron chi connectivity index (χ0n) is 12.4. The van der Waals surface area contributed by atoms with Gasteiger partial charge in [-0.1, -0.05) is 26.2 Å². The average molecular weight is 261 g/mol. The third-order valence-corrected chi connectivity index (χ3v) is 4.04. The number of nitrogens with one attached hydrogen (secondary N) is 1. The van der Waals surface area contributed by atoms with E-state index in [1.54, 1.807) is 0 Å². The van der Waals surface area contributed by atoms with Gasteiger partial charge in [-0.15, -0.1) is 0 Å². The molecular formula is C16H27N3. The average Bonchev–Trinajstić information content (AvgIpc) is 2.47. The Labute approximate surface area is 117 Å². The maximum absolute atomic E-state index is 4.45. The number of anilines is 1. The highest BCUT2D eigenvalue weighted by Crippen LogP contribution is 2.27. The van der Waals surface area contributed by atoms with Gasteiger partial charge in [-0.3, -0.25) is 4.98 Å². The van der Waals surface area contributed by atoms with E-state index in [1.165, 1.54) is 37.8 Å². The molecule has 0 aromatic carbocycles. The van der Waals surface area contributed by atoms with Crippen molar-refractivity contribution in [2.24, 2.45) is 0 Å². The molecule has 0 unspecified atom stereocenters. The molecule has 19 heavy (non-hydrogen) atoms. The Balaban J connectivity index is 2.08. The van der Waals surface area contributed by atoms with Gasteiger partial charge in [0.05, 0.1) is 5.69 Å². The minimum atomic E-state index is 0.730. The Morgan fingerprint density at radius 2 is 2.05 bits per heavy atom. The molecule has 0 saturated heterocycles. The Morgan fingerprint density at radius 3 is 2.74 bits per heavy atom. The summed E-state index contributed by atoms with van der Waals surface area (Å²) in [5.41, 5.74) is 2.49. The van der Waals surface area contributed by atoms with Crippen LogP contribution in [0.2, 0.25) is 0 Å². The van der Waals surface area contributed by atoms with Gasteiger partial charge in [-0.2, -0.15) is 0 Å². The summed E-state index contributed by atoms with van der Waals surface area (Å²) in [6.07, 6.45) is 8.83. The van der Waals surface area contributed by atoms with Crippen LogP contribution >= 0.6 is 0 Å². The SMILES string of the molecule is CCNCc1cc(N(CC)C2CCCCC2)ccn1. The van der Waals surface area contributed by atoms with Crippen LogP contribution in [0.3, 0.4) is 0 Å². The van der Waals surface area contributed by atoms with Crippen molar-refractivity contribution >= 4 is 5.69 Å². The van der Waals surface area contributed by atoms with Crippen LogP contribution in [-0.4, -0.2) is 24.1 Å². The van der Waals surface area contributed by atoms with Crippen LogP contribution in [0.4, 0.5) is 5.69 Å². The first kappa shape index (κ1) is 14.3. The fourth-order valence-corrected chi connectivity index (χ4v) is 3.04. The van der Waals surface area contributed by atoms with Gasteiger partial charge in [0.1, 0.15) is 0 Å². The third kappa shape index (κ3) is 3.93. The Bertz CT molecular complexity index is 372. The first-order valence-corrected chi connectivity index (χ1v) is 7.77. The van der Waals surface area contributed by atoms with Crippen LogP contribution in [0.15, 0.2) is 18.3 Å². The molecule has 1 N–H and O–H groups in total. The second-order valence-corrected chi connectivity index (χ2v) is 5.36. The molecule has 1 fully saturated rings. The normalized spacial score (nSPS) is 16.5. The van der Waals surface area contributed by atoms with Gasteiger partial charge in [0.2, 0.25) is 0 Å². The summed E-state index contributed by atoms with van der Waals surface area (Å²) >= 11 is 0. The molecule has 1 aromatic heterocycles. The largest absolute Gasteiger partial charge is 0.369 e. The summed E-state index contributed by atoms with van der Waals surface area (Å²) < 4.78 is 0. The van der Waals surface area contributed by atoms with Crippen LogP contribution in [0.5, 0.6) is 0 Å². The summed E-state index contributed by atoms with van der Waals surface area (Å²) in [5, 5.41) is 3.35. The van der Waals surface area contributed by atoms with Crippen LogP contribution in [-0.2, 0) is 6.54 Å². The fourth-order valence-electron chi connectivity index (χ4n) is 3.04. The number of pyridine rings is 1. The molecule has 0 spiro atoms. The monoisotopic (exact) mass is 261 g/mol. The molecule has 1 aliphatic carbocycles. The van der Waals surface area contributed by atoms with Gasteiger partial charge in [0, 0.05) is 31.0 Å². The molecule has 2 rings (SSSR count). The van der Waals surface area contributed by atoms with Crippen molar-refractivity contribution in [1.29, 1.82) is 0 Å². The van der Waals surface area contributed by atoms with Crippen molar-refractivity contribution in [2.45, 2.75) is 58.5 Å². The highest BCUT2D eigenvalue weighted by atomic mass is 15.2. The zero-order valence-corrected chi connectivity index (χ0v) is 12.4. The summed E-state index contributed by atoms with van der Waals surface area (Å²) in [6.45, 7) is 7.34. The van der Waals surface area contributed by atoms with E-state index in [0.29, 0.717) is 0 Å². The zero-order chi connectivity index (χ0) is 13.5. The van der Waals surface area contributed by atoms with E-state index in [0.717, 1.165) is 31.4 Å². The van der Waals surface area contributed by atoms with Crippen LogP contribution in [0.1, 0.15) is 51.6 Å². The molecule has 0 atom stereocenters. The molecule has 106 valence electrons. The number of rotatable bonds is 6. The summed E-state index contributed by atoms with van der Waals surface area (Å²) in [5.74, 6) is 0. The van der Waals surface area contributed by atoms with Crippen molar-refractivity contribution in [1.82, 2.24) is 10.3 Å². The van der Waals surface area contributed by atoms with E-state index in [9.17, 15) is 0 Å². The standard InChI is InChI=1S/C16H27N3/c1-3-17-13-14-12-16(10-11-18-14)19(4-2)15-8-6-5-7-9-15/h10-12,15,17H,3-9,13H2,1-2H3. The topological polar surface area (TPSA) is 28.2 Å². The molecule has 1 heterocycles. The van der Waals surface area contributed by atoms with E-state index in [4.69, 9.17) is 0 Å². The van der Waals surface area contributed by atoms with E-state index < -0.39 is 0 Å². The summed E-state index contributed by atoms with van der Waals surface area (Å²) in [6, 6.07) is 5.14. The van der Waals surface area contributed by atoms with Gasteiger partial charge in [0.15, 0.2) is 0 Å². The van der Waals surface area contributed by atoms with Gasteiger partial charge in [-0.05, 0) is 38.4 Å². The molecule has 0 radical (unpaired) electrons. The lowest BCUT2D eigenvalue weighted by Crippen LogP contribution is -2.36. The van der Waals surface area contributed by atoms with Gasteiger partial charge in [0.25, 0.3) is 0 Å². The van der Waals surface area contributed by atoms with Crippen LogP contribution < -0.4 is 10.2 Å². The van der Waals surface area contributed by atoms with Gasteiger partial charge in [-0.25, -0.2) is 0 Å². The molecule has 1 saturated carbocycles. The van der Waals surface area contributed by atoms with E-state index >= 15 is 0 Å². The fraction of sp³-hybridized carbons (Fsp3) is 0.688. The lowest BCUT2D eigenvalue weighted by molar-refractivity contribution is 0.418. The second-order valence-electron chi connectivity index (χ2n) is 5.36. The van der Waals surface area contributed by atoms with Crippen molar-refractivity contribution in [3.63, 3.8) is 0 Å². The van der Waals surface area contributed by atoms with Crippen LogP contribution in [0, 0.1) is 0 Å². The molecular weight excluding hydrogens is 234 g/mol. The minimum absolute atomic E-state index is 0.730. The van der Waals surface area contributed by atoms with Crippen molar-refractivity contribution in [3.8, 4) is 0 Å². The highest BCUT2D eigenvalue weighted by Gasteiger charge is 2.20. The lowest BCUT2D eigenvalue weighted by Gasteiger charge is -2.35. The Morgan fingerprint density at radius 1 is 1.26 bits per heavy atom.